The molecule has 128 valence electrons. The molecule has 5 nitrogen and oxygen atoms in total. The monoisotopic (exact) mass is 329 g/mol. The molecule has 1 aromatic carbocycles. The van der Waals surface area contributed by atoms with Crippen LogP contribution in [0.25, 0.3) is 0 Å². The molecule has 24 heavy (non-hydrogen) atoms. The van der Waals surface area contributed by atoms with Crippen molar-refractivity contribution >= 4 is 11.9 Å². The zero-order valence-electron chi connectivity index (χ0n) is 14.7. The number of esters is 2. The minimum Gasteiger partial charge on any atom is -0.457 e. The first kappa shape index (κ1) is 17.8. The number of nitrogens with one attached hydrogen (secondary N) is 1. The van der Waals surface area contributed by atoms with Gasteiger partial charge in [0, 0.05) is 5.69 Å². The van der Waals surface area contributed by atoms with Crippen molar-refractivity contribution in [1.29, 1.82) is 0 Å². The van der Waals surface area contributed by atoms with E-state index in [9.17, 15) is 9.59 Å². The van der Waals surface area contributed by atoms with Crippen molar-refractivity contribution in [2.75, 3.05) is 0 Å². The summed E-state index contributed by atoms with van der Waals surface area (Å²) in [5, 5.41) is 0. The maximum atomic E-state index is 12.4. The predicted octanol–water partition coefficient (Wildman–Crippen LogP) is 3.94. The van der Waals surface area contributed by atoms with Gasteiger partial charge in [0.05, 0.1) is 5.56 Å². The van der Waals surface area contributed by atoms with Gasteiger partial charge >= 0.3 is 11.9 Å². The lowest BCUT2D eigenvalue weighted by Crippen LogP contribution is -2.24. The number of ether oxygens (including phenoxy) is 2. The van der Waals surface area contributed by atoms with E-state index in [-0.39, 0.29) is 12.3 Å². The van der Waals surface area contributed by atoms with Crippen LogP contribution < -0.4 is 0 Å². The van der Waals surface area contributed by atoms with E-state index in [0.717, 1.165) is 5.56 Å². The molecule has 1 heterocycles. The topological polar surface area (TPSA) is 68.4 Å². The molecule has 0 aliphatic carbocycles. The second-order valence-corrected chi connectivity index (χ2v) is 6.69. The first-order valence-electron chi connectivity index (χ1n) is 7.82. The number of carbonyl (C=O) groups is 2. The number of H-pyrrole nitrogens is 1. The summed E-state index contributed by atoms with van der Waals surface area (Å²) in [6.07, 6.45) is 0. The lowest BCUT2D eigenvalue weighted by Gasteiger charge is -2.19. The number of carbonyl (C=O) groups excluding carboxylic acids is 2. The quantitative estimate of drug-likeness (QED) is 0.863. The van der Waals surface area contributed by atoms with Crippen LogP contribution in [0.5, 0.6) is 0 Å². The molecule has 0 amide bonds. The molecule has 5 heteroatoms. The third-order valence-electron chi connectivity index (χ3n) is 3.46. The van der Waals surface area contributed by atoms with Gasteiger partial charge in [0.1, 0.15) is 17.9 Å². The van der Waals surface area contributed by atoms with E-state index < -0.39 is 17.5 Å². The van der Waals surface area contributed by atoms with Crippen molar-refractivity contribution < 1.29 is 19.1 Å². The second kappa shape index (κ2) is 6.91. The number of aryl methyl sites for hydroxylation is 1. The number of aromatic amines is 1. The fraction of sp³-hybridized carbons (Fsp3) is 0.368. The number of rotatable bonds is 4. The van der Waals surface area contributed by atoms with Crippen LogP contribution in [0, 0.1) is 13.8 Å². The van der Waals surface area contributed by atoms with Gasteiger partial charge in [-0.15, -0.1) is 0 Å². The van der Waals surface area contributed by atoms with Crippen molar-refractivity contribution in [3.05, 3.63) is 58.4 Å². The van der Waals surface area contributed by atoms with E-state index in [1.54, 1.807) is 34.6 Å². The molecule has 1 aromatic heterocycles. The van der Waals surface area contributed by atoms with Gasteiger partial charge in [0.25, 0.3) is 0 Å². The van der Waals surface area contributed by atoms with E-state index in [2.05, 4.69) is 4.98 Å². The van der Waals surface area contributed by atoms with Crippen LogP contribution in [0.1, 0.15) is 58.4 Å². The Morgan fingerprint density at radius 2 is 1.67 bits per heavy atom. The van der Waals surface area contributed by atoms with Crippen molar-refractivity contribution in [1.82, 2.24) is 4.98 Å². The van der Waals surface area contributed by atoms with Gasteiger partial charge < -0.3 is 14.5 Å². The minimum atomic E-state index is -0.601. The Morgan fingerprint density at radius 3 is 2.25 bits per heavy atom. The van der Waals surface area contributed by atoms with Crippen molar-refractivity contribution in [3.8, 4) is 0 Å². The molecule has 0 unspecified atom stereocenters. The first-order chi connectivity index (χ1) is 11.2. The molecular formula is C19H23NO4. The molecule has 2 rings (SSSR count). The number of hydrogen-bond donors (Lipinski definition) is 1. The molecule has 0 aliphatic heterocycles. The predicted molar refractivity (Wildman–Crippen MR) is 91.0 cm³/mol. The summed E-state index contributed by atoms with van der Waals surface area (Å²) in [6.45, 7) is 9.02. The fourth-order valence-corrected chi connectivity index (χ4v) is 2.38. The minimum absolute atomic E-state index is 0.186. The normalized spacial score (nSPS) is 11.2. The molecule has 0 bridgehead atoms. The van der Waals surface area contributed by atoms with Gasteiger partial charge in [-0.1, -0.05) is 30.3 Å². The Bertz CT molecular complexity index is 739. The highest BCUT2D eigenvalue weighted by atomic mass is 16.6. The standard InChI is InChI=1S/C19H23NO4/c1-12-15(17(21)23-11-14-9-7-6-8-10-14)13(2)20-16(12)18(22)24-19(3,4)5/h6-10,20H,11H2,1-5H3. The van der Waals surface area contributed by atoms with E-state index in [1.165, 1.54) is 0 Å². The Hall–Kier alpha value is -2.56. The van der Waals surface area contributed by atoms with Gasteiger partial charge in [0.15, 0.2) is 0 Å². The van der Waals surface area contributed by atoms with Gasteiger partial charge in [-0.25, -0.2) is 9.59 Å². The summed E-state index contributed by atoms with van der Waals surface area (Å²) in [4.78, 5) is 27.6. The molecule has 0 spiro atoms. The van der Waals surface area contributed by atoms with E-state index in [4.69, 9.17) is 9.47 Å². The van der Waals surface area contributed by atoms with Crippen LogP contribution in [-0.4, -0.2) is 22.5 Å². The fourth-order valence-electron chi connectivity index (χ4n) is 2.38. The Morgan fingerprint density at radius 1 is 1.04 bits per heavy atom. The molecule has 2 aromatic rings. The van der Waals surface area contributed by atoms with Crippen molar-refractivity contribution in [3.63, 3.8) is 0 Å². The zero-order chi connectivity index (χ0) is 17.9. The molecule has 0 saturated carbocycles. The van der Waals surface area contributed by atoms with Crippen LogP contribution >= 0.6 is 0 Å². The smallest absolute Gasteiger partial charge is 0.355 e. The Balaban J connectivity index is 2.16. The van der Waals surface area contributed by atoms with Crippen LogP contribution in [-0.2, 0) is 16.1 Å². The molecule has 0 saturated heterocycles. The maximum Gasteiger partial charge on any atom is 0.355 e. The molecule has 0 fully saturated rings. The third kappa shape index (κ3) is 4.25. The highest BCUT2D eigenvalue weighted by molar-refractivity contribution is 5.98. The lowest BCUT2D eigenvalue weighted by molar-refractivity contribution is 0.00626. The lowest BCUT2D eigenvalue weighted by atomic mass is 10.1. The van der Waals surface area contributed by atoms with E-state index in [1.807, 2.05) is 30.3 Å². The van der Waals surface area contributed by atoms with Gasteiger partial charge in [-0.3, -0.25) is 0 Å². The molecule has 0 aliphatic rings. The van der Waals surface area contributed by atoms with Crippen molar-refractivity contribution in [2.24, 2.45) is 0 Å². The van der Waals surface area contributed by atoms with Gasteiger partial charge in [-0.2, -0.15) is 0 Å². The van der Waals surface area contributed by atoms with Crippen LogP contribution in [0.2, 0.25) is 0 Å². The zero-order valence-corrected chi connectivity index (χ0v) is 14.7. The largest absolute Gasteiger partial charge is 0.457 e. The summed E-state index contributed by atoms with van der Waals surface area (Å²) in [5.74, 6) is -0.940. The number of aromatic nitrogens is 1. The third-order valence-corrected chi connectivity index (χ3v) is 3.46. The van der Waals surface area contributed by atoms with Crippen molar-refractivity contribution in [2.45, 2.75) is 46.8 Å². The van der Waals surface area contributed by atoms with Crippen LogP contribution in [0.3, 0.4) is 0 Å². The Kier molecular flexibility index (Phi) is 5.12. The summed E-state index contributed by atoms with van der Waals surface area (Å²) in [6, 6.07) is 9.44. The van der Waals surface area contributed by atoms with Crippen LogP contribution in [0.4, 0.5) is 0 Å². The molecule has 0 radical (unpaired) electrons. The molecular weight excluding hydrogens is 306 g/mol. The van der Waals surface area contributed by atoms with Gasteiger partial charge in [-0.05, 0) is 45.7 Å². The summed E-state index contributed by atoms with van der Waals surface area (Å²) >= 11 is 0. The highest BCUT2D eigenvalue weighted by Gasteiger charge is 2.26. The van der Waals surface area contributed by atoms with E-state index >= 15 is 0 Å². The highest BCUT2D eigenvalue weighted by Crippen LogP contribution is 2.22. The van der Waals surface area contributed by atoms with Crippen LogP contribution in [0.15, 0.2) is 30.3 Å². The number of hydrogen-bond acceptors (Lipinski definition) is 4. The summed E-state index contributed by atoms with van der Waals surface area (Å²) in [5.41, 5.74) is 2.10. The SMILES string of the molecule is Cc1[nH]c(C(=O)OC(C)(C)C)c(C)c1C(=O)OCc1ccccc1. The first-order valence-corrected chi connectivity index (χ1v) is 7.82. The number of benzene rings is 1. The van der Waals surface area contributed by atoms with E-state index in [0.29, 0.717) is 16.8 Å². The Labute approximate surface area is 142 Å². The van der Waals surface area contributed by atoms with Gasteiger partial charge in [0.2, 0.25) is 0 Å². The summed E-state index contributed by atoms with van der Waals surface area (Å²) < 4.78 is 10.7. The average Bonchev–Trinajstić information content (AvgIpc) is 2.79. The summed E-state index contributed by atoms with van der Waals surface area (Å²) in [7, 11) is 0. The average molecular weight is 329 g/mol. The molecule has 0 atom stereocenters. The maximum absolute atomic E-state index is 12.4. The second-order valence-electron chi connectivity index (χ2n) is 6.69. The molecule has 1 N–H and O–H groups in total.